The van der Waals surface area contributed by atoms with Gasteiger partial charge in [-0.2, -0.15) is 5.10 Å². The Morgan fingerprint density at radius 3 is 2.64 bits per heavy atom. The molecule has 1 aromatic carbocycles. The van der Waals surface area contributed by atoms with Crippen molar-refractivity contribution in [2.75, 3.05) is 31.0 Å². The molecule has 0 radical (unpaired) electrons. The summed E-state index contributed by atoms with van der Waals surface area (Å²) in [4.78, 5) is 21.2. The third-order valence-corrected chi connectivity index (χ3v) is 4.71. The van der Waals surface area contributed by atoms with Crippen molar-refractivity contribution in [3.63, 3.8) is 0 Å². The molecule has 7 nitrogen and oxygen atoms in total. The van der Waals surface area contributed by atoms with Crippen LogP contribution in [-0.4, -0.2) is 41.9 Å². The van der Waals surface area contributed by atoms with Crippen LogP contribution in [-0.2, 0) is 6.54 Å². The SMILES string of the molecule is CCn1ncc2c3c(cnc21)C(=O)N(C)c1cc(OC)ccc1N3C. The second-order valence-electron chi connectivity index (χ2n) is 6.00. The molecule has 3 heterocycles. The first-order valence-electron chi connectivity index (χ1n) is 8.11. The highest BCUT2D eigenvalue weighted by atomic mass is 16.5. The lowest BCUT2D eigenvalue weighted by atomic mass is 10.1. The molecule has 25 heavy (non-hydrogen) atoms. The quantitative estimate of drug-likeness (QED) is 0.719. The Balaban J connectivity index is 2.03. The molecule has 0 fully saturated rings. The summed E-state index contributed by atoms with van der Waals surface area (Å²) < 4.78 is 7.15. The van der Waals surface area contributed by atoms with E-state index in [2.05, 4.69) is 10.1 Å². The van der Waals surface area contributed by atoms with Crippen LogP contribution in [0.25, 0.3) is 11.0 Å². The van der Waals surface area contributed by atoms with E-state index in [0.717, 1.165) is 34.6 Å². The summed E-state index contributed by atoms with van der Waals surface area (Å²) in [5.74, 6) is 0.604. The summed E-state index contributed by atoms with van der Waals surface area (Å²) in [5, 5.41) is 5.26. The Morgan fingerprint density at radius 1 is 1.12 bits per heavy atom. The third-order valence-electron chi connectivity index (χ3n) is 4.71. The summed E-state index contributed by atoms with van der Waals surface area (Å²) in [6.45, 7) is 2.74. The average molecular weight is 337 g/mol. The Hall–Kier alpha value is -3.09. The molecule has 2 aromatic heterocycles. The molecule has 0 atom stereocenters. The van der Waals surface area contributed by atoms with E-state index < -0.39 is 0 Å². The average Bonchev–Trinajstić information content (AvgIpc) is 3.05. The molecule has 0 N–H and O–H groups in total. The second kappa shape index (κ2) is 5.47. The van der Waals surface area contributed by atoms with Crippen molar-refractivity contribution in [3.8, 4) is 5.75 Å². The van der Waals surface area contributed by atoms with Gasteiger partial charge in [0.25, 0.3) is 5.91 Å². The largest absolute Gasteiger partial charge is 0.497 e. The number of benzene rings is 1. The molecule has 7 heteroatoms. The number of hydrogen-bond donors (Lipinski definition) is 0. The molecule has 128 valence electrons. The van der Waals surface area contributed by atoms with Crippen molar-refractivity contribution in [1.82, 2.24) is 14.8 Å². The highest BCUT2D eigenvalue weighted by molar-refractivity contribution is 6.17. The molecule has 0 saturated heterocycles. The molecule has 1 aliphatic rings. The molecule has 0 saturated carbocycles. The fourth-order valence-electron chi connectivity index (χ4n) is 3.36. The third kappa shape index (κ3) is 2.08. The summed E-state index contributed by atoms with van der Waals surface area (Å²) in [6, 6.07) is 5.73. The number of anilines is 3. The van der Waals surface area contributed by atoms with Crippen LogP contribution in [0.3, 0.4) is 0 Å². The maximum absolute atomic E-state index is 13.1. The zero-order chi connectivity index (χ0) is 17.7. The monoisotopic (exact) mass is 337 g/mol. The van der Waals surface area contributed by atoms with Gasteiger partial charge in [0.1, 0.15) is 5.75 Å². The summed E-state index contributed by atoms with van der Waals surface area (Å²) in [6.07, 6.45) is 3.42. The van der Waals surface area contributed by atoms with E-state index in [4.69, 9.17) is 4.74 Å². The van der Waals surface area contributed by atoms with Crippen LogP contribution in [0.4, 0.5) is 17.1 Å². The highest BCUT2D eigenvalue weighted by Crippen LogP contribution is 2.43. The minimum Gasteiger partial charge on any atom is -0.497 e. The second-order valence-corrected chi connectivity index (χ2v) is 6.00. The first kappa shape index (κ1) is 15.4. The van der Waals surface area contributed by atoms with E-state index >= 15 is 0 Å². The van der Waals surface area contributed by atoms with Crippen molar-refractivity contribution >= 4 is 34.0 Å². The van der Waals surface area contributed by atoms with Gasteiger partial charge in [0, 0.05) is 32.9 Å². The van der Waals surface area contributed by atoms with E-state index in [0.29, 0.717) is 11.3 Å². The van der Waals surface area contributed by atoms with Crippen LogP contribution in [0.2, 0.25) is 0 Å². The number of ether oxygens (including phenoxy) is 1. The molecule has 0 spiro atoms. The van der Waals surface area contributed by atoms with Crippen molar-refractivity contribution in [2.45, 2.75) is 13.5 Å². The zero-order valence-corrected chi connectivity index (χ0v) is 14.6. The fraction of sp³-hybridized carbons (Fsp3) is 0.278. The van der Waals surface area contributed by atoms with E-state index in [1.165, 1.54) is 0 Å². The molecule has 4 rings (SSSR count). The molecule has 3 aromatic rings. The van der Waals surface area contributed by atoms with Gasteiger partial charge in [0.2, 0.25) is 0 Å². The van der Waals surface area contributed by atoms with Gasteiger partial charge in [-0.25, -0.2) is 9.67 Å². The molecule has 0 unspecified atom stereocenters. The van der Waals surface area contributed by atoms with Crippen LogP contribution >= 0.6 is 0 Å². The maximum Gasteiger partial charge on any atom is 0.261 e. The van der Waals surface area contributed by atoms with E-state index in [-0.39, 0.29) is 5.91 Å². The normalized spacial score (nSPS) is 13.7. The Morgan fingerprint density at radius 2 is 1.92 bits per heavy atom. The number of hydrogen-bond acceptors (Lipinski definition) is 5. The van der Waals surface area contributed by atoms with Crippen molar-refractivity contribution in [1.29, 1.82) is 0 Å². The lowest BCUT2D eigenvalue weighted by Crippen LogP contribution is -2.25. The van der Waals surface area contributed by atoms with Gasteiger partial charge in [0.15, 0.2) is 5.65 Å². The topological polar surface area (TPSA) is 63.5 Å². The minimum absolute atomic E-state index is 0.104. The first-order valence-corrected chi connectivity index (χ1v) is 8.11. The lowest BCUT2D eigenvalue weighted by molar-refractivity contribution is 0.0994. The molecule has 0 bridgehead atoms. The van der Waals surface area contributed by atoms with Crippen molar-refractivity contribution in [3.05, 3.63) is 36.2 Å². The van der Waals surface area contributed by atoms with Gasteiger partial charge in [-0.15, -0.1) is 0 Å². The summed E-state index contributed by atoms with van der Waals surface area (Å²) in [5.41, 5.74) is 3.88. The fourth-order valence-corrected chi connectivity index (χ4v) is 3.36. The van der Waals surface area contributed by atoms with Gasteiger partial charge in [-0.1, -0.05) is 0 Å². The predicted molar refractivity (Wildman–Crippen MR) is 97.0 cm³/mol. The molecule has 0 aliphatic carbocycles. The Bertz CT molecular complexity index is 995. The predicted octanol–water partition coefficient (Wildman–Crippen LogP) is 2.82. The number of nitrogens with zero attached hydrogens (tertiary/aromatic N) is 5. The van der Waals surface area contributed by atoms with Crippen LogP contribution in [0.1, 0.15) is 17.3 Å². The molecule has 1 amide bonds. The van der Waals surface area contributed by atoms with Gasteiger partial charge >= 0.3 is 0 Å². The van der Waals surface area contributed by atoms with E-state index in [1.807, 2.05) is 41.8 Å². The van der Waals surface area contributed by atoms with Crippen molar-refractivity contribution in [2.24, 2.45) is 0 Å². The molecular formula is C18H19N5O2. The summed E-state index contributed by atoms with van der Waals surface area (Å²) in [7, 11) is 5.34. The number of aromatic nitrogens is 3. The smallest absolute Gasteiger partial charge is 0.261 e. The number of methoxy groups -OCH3 is 1. The number of amides is 1. The zero-order valence-electron chi connectivity index (χ0n) is 14.6. The van der Waals surface area contributed by atoms with Crippen molar-refractivity contribution < 1.29 is 9.53 Å². The van der Waals surface area contributed by atoms with Crippen LogP contribution in [0, 0.1) is 0 Å². The standard InChI is InChI=1S/C18H19N5O2/c1-5-23-17-12(10-20-23)16-13(9-19-17)18(24)22(3)15-8-11(25-4)6-7-14(15)21(16)2/h6-10H,5H2,1-4H3. The van der Waals surface area contributed by atoms with Crippen LogP contribution < -0.4 is 14.5 Å². The Labute approximate surface area is 145 Å². The lowest BCUT2D eigenvalue weighted by Gasteiger charge is -2.23. The van der Waals surface area contributed by atoms with E-state index in [1.54, 1.807) is 31.5 Å². The first-order chi connectivity index (χ1) is 12.1. The maximum atomic E-state index is 13.1. The number of rotatable bonds is 2. The Kier molecular flexibility index (Phi) is 3.38. The van der Waals surface area contributed by atoms with Gasteiger partial charge in [-0.05, 0) is 19.1 Å². The number of carbonyl (C=O) groups is 1. The molecular weight excluding hydrogens is 318 g/mol. The number of aryl methyl sites for hydroxylation is 1. The van der Waals surface area contributed by atoms with Gasteiger partial charge < -0.3 is 14.5 Å². The minimum atomic E-state index is -0.104. The number of pyridine rings is 1. The number of carbonyl (C=O) groups excluding carboxylic acids is 1. The van der Waals surface area contributed by atoms with Gasteiger partial charge in [0.05, 0.1) is 41.3 Å². The molecule has 1 aliphatic heterocycles. The van der Waals surface area contributed by atoms with Crippen LogP contribution in [0.15, 0.2) is 30.6 Å². The summed E-state index contributed by atoms with van der Waals surface area (Å²) >= 11 is 0. The van der Waals surface area contributed by atoms with Gasteiger partial charge in [-0.3, -0.25) is 4.79 Å². The highest BCUT2D eigenvalue weighted by Gasteiger charge is 2.30. The van der Waals surface area contributed by atoms with E-state index in [9.17, 15) is 4.79 Å². The van der Waals surface area contributed by atoms with Crippen LogP contribution in [0.5, 0.6) is 5.75 Å². The number of fused-ring (bicyclic) bond motifs is 4.